The number of rotatable bonds is 7. The van der Waals surface area contributed by atoms with Crippen molar-refractivity contribution in [3.8, 4) is 0 Å². The van der Waals surface area contributed by atoms with Crippen LogP contribution in [0, 0.1) is 11.3 Å². The van der Waals surface area contributed by atoms with E-state index in [1.165, 1.54) is 6.42 Å². The van der Waals surface area contributed by atoms with E-state index in [0.29, 0.717) is 5.41 Å². The predicted molar refractivity (Wildman–Crippen MR) is 63.4 cm³/mol. The number of methoxy groups -OCH3 is 1. The highest BCUT2D eigenvalue weighted by Gasteiger charge is 2.49. The van der Waals surface area contributed by atoms with Crippen molar-refractivity contribution < 1.29 is 9.15 Å². The third-order valence-corrected chi connectivity index (χ3v) is 3.57. The van der Waals surface area contributed by atoms with E-state index in [0.717, 1.165) is 37.8 Å². The molecule has 0 radical (unpaired) electrons. The third-order valence-electron chi connectivity index (χ3n) is 3.57. The van der Waals surface area contributed by atoms with E-state index in [1.807, 2.05) is 6.07 Å². The zero-order valence-corrected chi connectivity index (χ0v) is 10.2. The molecule has 0 spiro atoms. The molecular weight excluding hydrogens is 202 g/mol. The van der Waals surface area contributed by atoms with Crippen LogP contribution in [0.5, 0.6) is 0 Å². The first-order chi connectivity index (χ1) is 7.74. The van der Waals surface area contributed by atoms with Crippen LogP contribution in [-0.4, -0.2) is 26.8 Å². The summed E-state index contributed by atoms with van der Waals surface area (Å²) in [5.74, 6) is 1.90. The van der Waals surface area contributed by atoms with Gasteiger partial charge in [0.15, 0.2) is 0 Å². The van der Waals surface area contributed by atoms with E-state index in [9.17, 15) is 0 Å². The van der Waals surface area contributed by atoms with Crippen molar-refractivity contribution in [3.63, 3.8) is 0 Å². The van der Waals surface area contributed by atoms with Crippen molar-refractivity contribution in [1.29, 1.82) is 0 Å². The fourth-order valence-electron chi connectivity index (χ4n) is 2.30. The Morgan fingerprint density at radius 2 is 2.50 bits per heavy atom. The second-order valence-corrected chi connectivity index (χ2v) is 5.01. The molecule has 1 saturated carbocycles. The van der Waals surface area contributed by atoms with E-state index < -0.39 is 0 Å². The van der Waals surface area contributed by atoms with Gasteiger partial charge in [0, 0.05) is 20.1 Å². The molecule has 1 N–H and O–H groups in total. The number of furan rings is 1. The molecule has 0 saturated heterocycles. The van der Waals surface area contributed by atoms with Crippen LogP contribution >= 0.6 is 0 Å². The quantitative estimate of drug-likeness (QED) is 0.719. The van der Waals surface area contributed by atoms with Gasteiger partial charge in [0.25, 0.3) is 0 Å². The molecule has 1 aromatic heterocycles. The van der Waals surface area contributed by atoms with Gasteiger partial charge < -0.3 is 14.5 Å². The maximum atomic E-state index is 5.40. The van der Waals surface area contributed by atoms with Gasteiger partial charge in [0.2, 0.25) is 0 Å². The van der Waals surface area contributed by atoms with Gasteiger partial charge >= 0.3 is 0 Å². The molecule has 1 heterocycles. The summed E-state index contributed by atoms with van der Waals surface area (Å²) in [6.45, 7) is 5.18. The Labute approximate surface area is 97.2 Å². The van der Waals surface area contributed by atoms with Gasteiger partial charge in [-0.15, -0.1) is 0 Å². The van der Waals surface area contributed by atoms with Gasteiger partial charge in [-0.25, -0.2) is 0 Å². The SMILES string of the molecule is COCCNCC1CC1(C)Cc1ccco1. The molecule has 2 unspecified atom stereocenters. The monoisotopic (exact) mass is 223 g/mol. The first-order valence-electron chi connectivity index (χ1n) is 5.97. The van der Waals surface area contributed by atoms with Crippen molar-refractivity contribution in [2.75, 3.05) is 26.8 Å². The second kappa shape index (κ2) is 5.02. The lowest BCUT2D eigenvalue weighted by molar-refractivity contribution is 0.198. The smallest absolute Gasteiger partial charge is 0.104 e. The van der Waals surface area contributed by atoms with Gasteiger partial charge in [0.05, 0.1) is 12.9 Å². The van der Waals surface area contributed by atoms with E-state index in [-0.39, 0.29) is 0 Å². The standard InChI is InChI=1S/C13H21NO2/c1-13(9-12-4-3-6-16-12)8-11(13)10-14-5-7-15-2/h3-4,6,11,14H,5,7-10H2,1-2H3. The van der Waals surface area contributed by atoms with E-state index in [4.69, 9.17) is 9.15 Å². The summed E-state index contributed by atoms with van der Waals surface area (Å²) in [6.07, 6.45) is 4.12. The molecule has 1 aliphatic rings. The Morgan fingerprint density at radius 1 is 1.62 bits per heavy atom. The number of hydrogen-bond acceptors (Lipinski definition) is 3. The number of nitrogens with one attached hydrogen (secondary N) is 1. The van der Waals surface area contributed by atoms with E-state index in [1.54, 1.807) is 13.4 Å². The maximum Gasteiger partial charge on any atom is 0.104 e. The largest absolute Gasteiger partial charge is 0.469 e. The maximum absolute atomic E-state index is 5.40. The van der Waals surface area contributed by atoms with Crippen molar-refractivity contribution in [2.24, 2.45) is 11.3 Å². The minimum atomic E-state index is 0.442. The Bertz CT molecular complexity index is 310. The molecule has 3 nitrogen and oxygen atoms in total. The van der Waals surface area contributed by atoms with Crippen LogP contribution in [0.15, 0.2) is 22.8 Å². The lowest BCUT2D eigenvalue weighted by Gasteiger charge is -2.09. The highest BCUT2D eigenvalue weighted by Crippen LogP contribution is 2.53. The second-order valence-electron chi connectivity index (χ2n) is 5.01. The molecule has 90 valence electrons. The van der Waals surface area contributed by atoms with Crippen molar-refractivity contribution in [2.45, 2.75) is 19.8 Å². The fraction of sp³-hybridized carbons (Fsp3) is 0.692. The molecule has 0 amide bonds. The van der Waals surface area contributed by atoms with Crippen LogP contribution in [0.1, 0.15) is 19.1 Å². The summed E-state index contributed by atoms with van der Waals surface area (Å²) in [5.41, 5.74) is 0.442. The predicted octanol–water partition coefficient (Wildman–Crippen LogP) is 2.08. The van der Waals surface area contributed by atoms with E-state index >= 15 is 0 Å². The zero-order valence-electron chi connectivity index (χ0n) is 10.2. The molecular formula is C13H21NO2. The van der Waals surface area contributed by atoms with Crippen molar-refractivity contribution >= 4 is 0 Å². The molecule has 1 aliphatic carbocycles. The fourth-order valence-corrected chi connectivity index (χ4v) is 2.30. The summed E-state index contributed by atoms with van der Waals surface area (Å²) in [7, 11) is 1.74. The first kappa shape index (κ1) is 11.7. The summed E-state index contributed by atoms with van der Waals surface area (Å²) in [5, 5.41) is 3.43. The summed E-state index contributed by atoms with van der Waals surface area (Å²) in [6, 6.07) is 4.03. The lowest BCUT2D eigenvalue weighted by atomic mass is 10.0. The zero-order chi connectivity index (χ0) is 11.4. The Kier molecular flexibility index (Phi) is 3.66. The van der Waals surface area contributed by atoms with Crippen LogP contribution in [0.4, 0.5) is 0 Å². The molecule has 1 aromatic rings. The Balaban J connectivity index is 1.68. The van der Waals surface area contributed by atoms with Crippen LogP contribution in [0.25, 0.3) is 0 Å². The van der Waals surface area contributed by atoms with Crippen LogP contribution in [0.2, 0.25) is 0 Å². The van der Waals surface area contributed by atoms with Crippen LogP contribution in [0.3, 0.4) is 0 Å². The highest BCUT2D eigenvalue weighted by molar-refractivity contribution is 5.09. The normalized spacial score (nSPS) is 28.2. The van der Waals surface area contributed by atoms with Crippen molar-refractivity contribution in [1.82, 2.24) is 5.32 Å². The molecule has 1 fully saturated rings. The topological polar surface area (TPSA) is 34.4 Å². The molecule has 0 aliphatic heterocycles. The van der Waals surface area contributed by atoms with E-state index in [2.05, 4.69) is 18.3 Å². The van der Waals surface area contributed by atoms with Crippen LogP contribution < -0.4 is 5.32 Å². The van der Waals surface area contributed by atoms with Gasteiger partial charge in [-0.2, -0.15) is 0 Å². The Hall–Kier alpha value is -0.800. The van der Waals surface area contributed by atoms with Gasteiger partial charge in [-0.1, -0.05) is 6.92 Å². The third kappa shape index (κ3) is 2.86. The molecule has 16 heavy (non-hydrogen) atoms. The molecule has 2 atom stereocenters. The highest BCUT2D eigenvalue weighted by atomic mass is 16.5. The lowest BCUT2D eigenvalue weighted by Crippen LogP contribution is -2.23. The minimum Gasteiger partial charge on any atom is -0.469 e. The molecule has 2 rings (SSSR count). The summed E-state index contributed by atoms with van der Waals surface area (Å²) >= 11 is 0. The molecule has 0 bridgehead atoms. The summed E-state index contributed by atoms with van der Waals surface area (Å²) in [4.78, 5) is 0. The van der Waals surface area contributed by atoms with Crippen LogP contribution in [-0.2, 0) is 11.2 Å². The number of ether oxygens (including phenoxy) is 1. The average Bonchev–Trinajstić information content (AvgIpc) is 2.67. The van der Waals surface area contributed by atoms with Gasteiger partial charge in [0.1, 0.15) is 5.76 Å². The van der Waals surface area contributed by atoms with Gasteiger partial charge in [-0.3, -0.25) is 0 Å². The first-order valence-corrected chi connectivity index (χ1v) is 5.97. The summed E-state index contributed by atoms with van der Waals surface area (Å²) < 4.78 is 10.4. The Morgan fingerprint density at radius 3 is 3.19 bits per heavy atom. The molecule has 0 aromatic carbocycles. The number of hydrogen-bond donors (Lipinski definition) is 1. The average molecular weight is 223 g/mol. The van der Waals surface area contributed by atoms with Gasteiger partial charge in [-0.05, 0) is 36.4 Å². The molecule has 3 heteroatoms. The van der Waals surface area contributed by atoms with Crippen molar-refractivity contribution in [3.05, 3.63) is 24.2 Å². The minimum absolute atomic E-state index is 0.442.